The van der Waals surface area contributed by atoms with Crippen molar-refractivity contribution < 1.29 is 13.5 Å². The fourth-order valence-corrected chi connectivity index (χ4v) is 2.65. The molecule has 0 radical (unpaired) electrons. The van der Waals surface area contributed by atoms with Crippen LogP contribution in [0.15, 0.2) is 29.3 Å². The molecule has 1 unspecified atom stereocenters. The molecule has 0 aliphatic carbocycles. The van der Waals surface area contributed by atoms with Gasteiger partial charge in [0.05, 0.1) is 5.69 Å². The van der Waals surface area contributed by atoms with Gasteiger partial charge in [-0.2, -0.15) is 19.3 Å². The maximum absolute atomic E-state index is 12.3. The molecule has 27 heavy (non-hydrogen) atoms. The number of nitrogens with zero attached hydrogens (tertiary/aromatic N) is 4. The molecule has 1 aliphatic rings. The van der Waals surface area contributed by atoms with Gasteiger partial charge in [0.25, 0.3) is 0 Å². The maximum atomic E-state index is 12.3. The van der Waals surface area contributed by atoms with E-state index < -0.39 is 12.7 Å². The minimum atomic E-state index is -2.94. The van der Waals surface area contributed by atoms with Crippen LogP contribution in [0, 0.1) is 22.8 Å². The number of halogens is 2. The Morgan fingerprint density at radius 2 is 1.93 bits per heavy atom. The summed E-state index contributed by atoms with van der Waals surface area (Å²) in [6, 6.07) is 6.88. The largest absolute Gasteiger partial charge is 0.435 e. The fraction of sp³-hybridized carbons (Fsp3) is 0.125. The SMILES string of the molecule is N#CNC1=NC(c2ccc(OC(F)F)cc2)c2c(nc(N)c(C#N)c2N)N1. The molecule has 3 rings (SSSR count). The summed E-state index contributed by atoms with van der Waals surface area (Å²) in [7, 11) is 0. The Morgan fingerprint density at radius 1 is 1.22 bits per heavy atom. The van der Waals surface area contributed by atoms with Gasteiger partial charge < -0.3 is 21.5 Å². The standard InChI is InChI=1S/C16H12F2N8O/c17-15(18)27-8-3-1-7(2-4-8)12-10-11(21)9(5-19)13(22)25-14(10)26-16(24-12)23-6-20/h1-4,12,15H,(H6,21,22,23,24,25,26). The van der Waals surface area contributed by atoms with Gasteiger partial charge in [0, 0.05) is 5.56 Å². The molecule has 1 aliphatic heterocycles. The van der Waals surface area contributed by atoms with Crippen molar-refractivity contribution in [2.24, 2.45) is 4.99 Å². The van der Waals surface area contributed by atoms with E-state index in [-0.39, 0.29) is 34.6 Å². The molecule has 0 amide bonds. The van der Waals surface area contributed by atoms with Crippen molar-refractivity contribution in [3.8, 4) is 18.0 Å². The highest BCUT2D eigenvalue weighted by Gasteiger charge is 2.29. The third-order valence-corrected chi connectivity index (χ3v) is 3.78. The Kier molecular flexibility index (Phi) is 4.60. The average molecular weight is 370 g/mol. The van der Waals surface area contributed by atoms with Crippen molar-refractivity contribution in [2.75, 3.05) is 16.8 Å². The Labute approximate surface area is 151 Å². The first-order chi connectivity index (χ1) is 12.9. The van der Waals surface area contributed by atoms with Crippen LogP contribution in [-0.2, 0) is 0 Å². The summed E-state index contributed by atoms with van der Waals surface area (Å²) in [5.74, 6) is 0.232. The number of nitrogens with two attached hydrogens (primary N) is 2. The van der Waals surface area contributed by atoms with E-state index in [4.69, 9.17) is 16.7 Å². The Morgan fingerprint density at radius 3 is 2.52 bits per heavy atom. The second kappa shape index (κ2) is 7.01. The van der Waals surface area contributed by atoms with Gasteiger partial charge in [-0.15, -0.1) is 0 Å². The fourth-order valence-electron chi connectivity index (χ4n) is 2.65. The number of ether oxygens (including phenoxy) is 1. The first kappa shape index (κ1) is 17.7. The van der Waals surface area contributed by atoms with E-state index in [9.17, 15) is 14.0 Å². The zero-order chi connectivity index (χ0) is 19.6. The van der Waals surface area contributed by atoms with Crippen molar-refractivity contribution in [1.29, 1.82) is 10.5 Å². The van der Waals surface area contributed by atoms with Crippen LogP contribution in [0.2, 0.25) is 0 Å². The van der Waals surface area contributed by atoms with Gasteiger partial charge in [-0.25, -0.2) is 9.98 Å². The molecule has 0 saturated heterocycles. The van der Waals surface area contributed by atoms with E-state index in [1.165, 1.54) is 24.3 Å². The average Bonchev–Trinajstić information content (AvgIpc) is 2.61. The van der Waals surface area contributed by atoms with E-state index in [1.807, 2.05) is 6.07 Å². The lowest BCUT2D eigenvalue weighted by Gasteiger charge is -2.26. The number of nitrogen functional groups attached to an aromatic ring is 2. The van der Waals surface area contributed by atoms with Crippen LogP contribution in [0.1, 0.15) is 22.7 Å². The number of guanidine groups is 1. The summed E-state index contributed by atoms with van der Waals surface area (Å²) >= 11 is 0. The summed E-state index contributed by atoms with van der Waals surface area (Å²) < 4.78 is 29.0. The smallest absolute Gasteiger partial charge is 0.387 e. The molecule has 1 atom stereocenters. The van der Waals surface area contributed by atoms with Crippen LogP contribution in [0.25, 0.3) is 0 Å². The highest BCUT2D eigenvalue weighted by Crippen LogP contribution is 2.40. The topological polar surface area (TPSA) is 158 Å². The number of anilines is 3. The lowest BCUT2D eigenvalue weighted by atomic mass is 9.95. The van der Waals surface area contributed by atoms with Crippen molar-refractivity contribution in [3.63, 3.8) is 0 Å². The van der Waals surface area contributed by atoms with Crippen molar-refractivity contribution in [1.82, 2.24) is 10.3 Å². The third-order valence-electron chi connectivity index (χ3n) is 3.78. The zero-order valence-electron chi connectivity index (χ0n) is 13.6. The lowest BCUT2D eigenvalue weighted by Crippen LogP contribution is -2.32. The summed E-state index contributed by atoms with van der Waals surface area (Å²) in [5, 5.41) is 23.3. The zero-order valence-corrected chi connectivity index (χ0v) is 13.6. The van der Waals surface area contributed by atoms with Crippen molar-refractivity contribution in [2.45, 2.75) is 12.7 Å². The van der Waals surface area contributed by atoms with E-state index >= 15 is 0 Å². The van der Waals surface area contributed by atoms with Crippen molar-refractivity contribution in [3.05, 3.63) is 41.0 Å². The van der Waals surface area contributed by atoms with Crippen LogP contribution >= 0.6 is 0 Å². The number of nitriles is 2. The molecule has 0 bridgehead atoms. The van der Waals surface area contributed by atoms with Crippen LogP contribution in [-0.4, -0.2) is 17.6 Å². The molecular weight excluding hydrogens is 358 g/mol. The number of aromatic nitrogens is 1. The molecule has 2 aromatic rings. The Bertz CT molecular complexity index is 991. The van der Waals surface area contributed by atoms with Crippen LogP contribution in [0.3, 0.4) is 0 Å². The molecule has 9 nitrogen and oxygen atoms in total. The number of nitrogens with one attached hydrogen (secondary N) is 2. The monoisotopic (exact) mass is 370 g/mol. The first-order valence-corrected chi connectivity index (χ1v) is 7.48. The predicted octanol–water partition coefficient (Wildman–Crippen LogP) is 1.66. The highest BCUT2D eigenvalue weighted by molar-refractivity contribution is 5.98. The summed E-state index contributed by atoms with van der Waals surface area (Å²) in [5.41, 5.74) is 12.9. The van der Waals surface area contributed by atoms with Crippen LogP contribution in [0.4, 0.5) is 26.1 Å². The summed E-state index contributed by atoms with van der Waals surface area (Å²) in [6.07, 6.45) is 1.73. The normalized spacial score (nSPS) is 15.0. The predicted molar refractivity (Wildman–Crippen MR) is 92.5 cm³/mol. The molecule has 2 heterocycles. The number of hydrogen-bond donors (Lipinski definition) is 4. The number of benzene rings is 1. The van der Waals surface area contributed by atoms with Gasteiger partial charge in [-0.05, 0) is 17.7 Å². The van der Waals surface area contributed by atoms with E-state index in [2.05, 4.69) is 25.3 Å². The maximum Gasteiger partial charge on any atom is 0.387 e. The molecular formula is C16H12F2N8O. The highest BCUT2D eigenvalue weighted by atomic mass is 19.3. The van der Waals surface area contributed by atoms with Gasteiger partial charge in [-0.3, -0.25) is 5.32 Å². The van der Waals surface area contributed by atoms with Crippen LogP contribution < -0.4 is 26.8 Å². The van der Waals surface area contributed by atoms with Gasteiger partial charge in [0.2, 0.25) is 5.96 Å². The van der Waals surface area contributed by atoms with Gasteiger partial charge in [0.15, 0.2) is 6.19 Å². The summed E-state index contributed by atoms with van der Waals surface area (Å²) in [6.45, 7) is -2.94. The molecule has 1 aromatic heterocycles. The number of pyridine rings is 1. The Hall–Kier alpha value is -4.12. The van der Waals surface area contributed by atoms with E-state index in [0.29, 0.717) is 11.1 Å². The molecule has 6 N–H and O–H groups in total. The quantitative estimate of drug-likeness (QED) is 0.469. The number of rotatable bonds is 3. The van der Waals surface area contributed by atoms with E-state index in [1.54, 1.807) is 6.19 Å². The number of alkyl halides is 2. The minimum Gasteiger partial charge on any atom is -0.435 e. The second-order valence-electron chi connectivity index (χ2n) is 5.35. The second-order valence-corrected chi connectivity index (χ2v) is 5.35. The van der Waals surface area contributed by atoms with Crippen molar-refractivity contribution >= 4 is 23.3 Å². The third kappa shape index (κ3) is 3.34. The van der Waals surface area contributed by atoms with E-state index in [0.717, 1.165) is 0 Å². The molecule has 0 spiro atoms. The first-order valence-electron chi connectivity index (χ1n) is 7.48. The van der Waals surface area contributed by atoms with Gasteiger partial charge >= 0.3 is 6.61 Å². The molecule has 11 heteroatoms. The molecule has 1 aromatic carbocycles. The lowest BCUT2D eigenvalue weighted by molar-refractivity contribution is -0.0498. The molecule has 0 saturated carbocycles. The number of aliphatic imine (C=N–C) groups is 1. The Balaban J connectivity index is 2.11. The minimum absolute atomic E-state index is 0.00472. The van der Waals surface area contributed by atoms with Gasteiger partial charge in [-0.1, -0.05) is 12.1 Å². The molecule has 0 fully saturated rings. The van der Waals surface area contributed by atoms with Crippen LogP contribution in [0.5, 0.6) is 5.75 Å². The van der Waals surface area contributed by atoms with Gasteiger partial charge in [0.1, 0.15) is 35.1 Å². The summed E-state index contributed by atoms with van der Waals surface area (Å²) in [4.78, 5) is 8.47. The number of fused-ring (bicyclic) bond motifs is 1. The number of hydrogen-bond acceptors (Lipinski definition) is 9. The molecule has 136 valence electrons.